The predicted molar refractivity (Wildman–Crippen MR) is 34.3 cm³/mol. The topological polar surface area (TPSA) is 54.4 Å². The molecule has 0 bridgehead atoms. The third kappa shape index (κ3) is 0.708. The number of carbonyl (C=O) groups is 2. The van der Waals surface area contributed by atoms with Crippen molar-refractivity contribution in [3.63, 3.8) is 0 Å². The molecule has 0 aromatic heterocycles. The number of Topliss-reactive ketones (excluding diaryl/α,β-unsaturated/α-hetero) is 2. The van der Waals surface area contributed by atoms with Gasteiger partial charge in [-0.1, -0.05) is 13.5 Å². The molecular formula is C7H8O3. The third-order valence-electron chi connectivity index (χ3n) is 1.75. The second-order valence-electron chi connectivity index (χ2n) is 2.44. The minimum atomic E-state index is -1.15. The fourth-order valence-corrected chi connectivity index (χ4v) is 0.945. The Labute approximate surface area is 58.4 Å². The Balaban J connectivity index is 3.00. The zero-order chi connectivity index (χ0) is 7.89. The number of hydrogen-bond acceptors (Lipinski definition) is 3. The maximum Gasteiger partial charge on any atom is 0.194 e. The number of aliphatic hydroxyl groups is 1. The molecule has 54 valence electrons. The fraction of sp³-hybridized carbons (Fsp3) is 0.429. The molecule has 3 nitrogen and oxygen atoms in total. The van der Waals surface area contributed by atoms with Gasteiger partial charge in [0.15, 0.2) is 11.6 Å². The first-order valence-electron chi connectivity index (χ1n) is 3.01. The van der Waals surface area contributed by atoms with Gasteiger partial charge in [0, 0.05) is 0 Å². The summed E-state index contributed by atoms with van der Waals surface area (Å²) in [6.07, 6.45) is -1.15. The van der Waals surface area contributed by atoms with Crippen LogP contribution < -0.4 is 0 Å². The Bertz CT molecular complexity index is 195. The molecule has 1 aliphatic rings. The first-order chi connectivity index (χ1) is 4.55. The molecule has 0 aromatic rings. The quantitative estimate of drug-likeness (QED) is 0.371. The highest BCUT2D eigenvalue weighted by Crippen LogP contribution is 2.21. The highest BCUT2D eigenvalue weighted by Gasteiger charge is 2.40. The molecule has 1 N–H and O–H groups in total. The van der Waals surface area contributed by atoms with E-state index in [0.29, 0.717) is 0 Å². The zero-order valence-electron chi connectivity index (χ0n) is 5.63. The largest absolute Gasteiger partial charge is 0.384 e. The van der Waals surface area contributed by atoms with E-state index in [0.717, 1.165) is 0 Å². The van der Waals surface area contributed by atoms with Crippen molar-refractivity contribution in [1.82, 2.24) is 0 Å². The van der Waals surface area contributed by atoms with Crippen LogP contribution in [0.5, 0.6) is 0 Å². The van der Waals surface area contributed by atoms with Gasteiger partial charge in [0.1, 0.15) is 6.10 Å². The van der Waals surface area contributed by atoms with Crippen LogP contribution >= 0.6 is 0 Å². The molecule has 0 radical (unpaired) electrons. The van der Waals surface area contributed by atoms with Crippen LogP contribution in [0, 0.1) is 5.92 Å². The van der Waals surface area contributed by atoms with Crippen LogP contribution in [0.15, 0.2) is 12.2 Å². The van der Waals surface area contributed by atoms with Gasteiger partial charge < -0.3 is 5.11 Å². The molecule has 0 aliphatic heterocycles. The number of rotatable bonds is 0. The zero-order valence-corrected chi connectivity index (χ0v) is 5.63. The van der Waals surface area contributed by atoms with Gasteiger partial charge in [0.2, 0.25) is 0 Å². The molecule has 1 rings (SSSR count). The molecule has 2 unspecified atom stereocenters. The molecular weight excluding hydrogens is 132 g/mol. The van der Waals surface area contributed by atoms with Crippen LogP contribution in [0.2, 0.25) is 0 Å². The Morgan fingerprint density at radius 3 is 2.00 bits per heavy atom. The summed E-state index contributed by atoms with van der Waals surface area (Å²) in [4.78, 5) is 21.6. The van der Waals surface area contributed by atoms with Gasteiger partial charge in [-0.2, -0.15) is 0 Å². The van der Waals surface area contributed by atoms with Crippen molar-refractivity contribution in [2.45, 2.75) is 13.0 Å². The lowest BCUT2D eigenvalue weighted by Crippen LogP contribution is -2.19. The Hall–Kier alpha value is -0.960. The van der Waals surface area contributed by atoms with Crippen molar-refractivity contribution in [3.05, 3.63) is 12.2 Å². The van der Waals surface area contributed by atoms with Crippen molar-refractivity contribution in [2.24, 2.45) is 5.92 Å². The average Bonchev–Trinajstić information content (AvgIpc) is 2.07. The van der Waals surface area contributed by atoms with E-state index in [2.05, 4.69) is 6.58 Å². The molecule has 10 heavy (non-hydrogen) atoms. The lowest BCUT2D eigenvalue weighted by molar-refractivity contribution is -0.123. The van der Waals surface area contributed by atoms with E-state index >= 15 is 0 Å². The van der Waals surface area contributed by atoms with E-state index in [-0.39, 0.29) is 11.4 Å². The van der Waals surface area contributed by atoms with Crippen molar-refractivity contribution >= 4 is 11.6 Å². The van der Waals surface area contributed by atoms with Gasteiger partial charge in [-0.25, -0.2) is 0 Å². The van der Waals surface area contributed by atoms with Gasteiger partial charge in [-0.3, -0.25) is 9.59 Å². The SMILES string of the molecule is C=C1C(=O)C(C)C(O)C1=O. The summed E-state index contributed by atoms with van der Waals surface area (Å²) in [5.41, 5.74) is -0.0694. The normalized spacial score (nSPS) is 33.6. The minimum Gasteiger partial charge on any atom is -0.384 e. The van der Waals surface area contributed by atoms with Crippen molar-refractivity contribution in [2.75, 3.05) is 0 Å². The van der Waals surface area contributed by atoms with Gasteiger partial charge in [-0.15, -0.1) is 0 Å². The number of aliphatic hydroxyl groups excluding tert-OH is 1. The summed E-state index contributed by atoms with van der Waals surface area (Å²) in [5, 5.41) is 8.98. The average molecular weight is 140 g/mol. The Morgan fingerprint density at radius 1 is 1.40 bits per heavy atom. The number of carbonyl (C=O) groups excluding carboxylic acids is 2. The molecule has 0 amide bonds. The molecule has 1 aliphatic carbocycles. The van der Waals surface area contributed by atoms with Crippen LogP contribution in [0.1, 0.15) is 6.92 Å². The third-order valence-corrected chi connectivity index (χ3v) is 1.75. The maximum absolute atomic E-state index is 10.8. The minimum absolute atomic E-state index is 0.0694. The van der Waals surface area contributed by atoms with E-state index in [1.165, 1.54) is 6.92 Å². The summed E-state index contributed by atoms with van der Waals surface area (Å²) >= 11 is 0. The van der Waals surface area contributed by atoms with Crippen molar-refractivity contribution < 1.29 is 14.7 Å². The summed E-state index contributed by atoms with van der Waals surface area (Å²) in [6, 6.07) is 0. The van der Waals surface area contributed by atoms with E-state index in [1.54, 1.807) is 0 Å². The second-order valence-corrected chi connectivity index (χ2v) is 2.44. The fourth-order valence-electron chi connectivity index (χ4n) is 0.945. The van der Waals surface area contributed by atoms with E-state index in [1.807, 2.05) is 0 Å². The van der Waals surface area contributed by atoms with Crippen molar-refractivity contribution in [3.8, 4) is 0 Å². The Morgan fingerprint density at radius 2 is 1.90 bits per heavy atom. The lowest BCUT2D eigenvalue weighted by Gasteiger charge is -2.00. The highest BCUT2D eigenvalue weighted by molar-refractivity contribution is 6.27. The van der Waals surface area contributed by atoms with Gasteiger partial charge in [-0.05, 0) is 0 Å². The van der Waals surface area contributed by atoms with Crippen LogP contribution in [0.3, 0.4) is 0 Å². The summed E-state index contributed by atoms with van der Waals surface area (Å²) in [7, 11) is 0. The molecule has 0 spiro atoms. The number of hydrogen-bond donors (Lipinski definition) is 1. The summed E-state index contributed by atoms with van der Waals surface area (Å²) in [6.45, 7) is 4.77. The highest BCUT2D eigenvalue weighted by atomic mass is 16.3. The van der Waals surface area contributed by atoms with Crippen LogP contribution in [-0.4, -0.2) is 22.8 Å². The first-order valence-corrected chi connectivity index (χ1v) is 3.01. The molecule has 0 aromatic carbocycles. The smallest absolute Gasteiger partial charge is 0.194 e. The first kappa shape index (κ1) is 7.15. The number of ketones is 2. The standard InChI is InChI=1S/C7H8O3/c1-3-5(8)4(2)7(10)6(3)9/h4,7,10H,1H2,2H3. The van der Waals surface area contributed by atoms with E-state index in [9.17, 15) is 9.59 Å². The Kier molecular flexibility index (Phi) is 1.45. The van der Waals surface area contributed by atoms with E-state index < -0.39 is 17.8 Å². The molecule has 2 atom stereocenters. The van der Waals surface area contributed by atoms with Gasteiger partial charge in [0.05, 0.1) is 11.5 Å². The molecule has 0 heterocycles. The van der Waals surface area contributed by atoms with Crippen LogP contribution in [0.4, 0.5) is 0 Å². The molecule has 1 fully saturated rings. The van der Waals surface area contributed by atoms with Gasteiger partial charge in [0.25, 0.3) is 0 Å². The molecule has 3 heteroatoms. The molecule has 1 saturated carbocycles. The summed E-state index contributed by atoms with van der Waals surface area (Å²) in [5.74, 6) is -1.46. The second kappa shape index (κ2) is 2.02. The lowest BCUT2D eigenvalue weighted by atomic mass is 10.1. The predicted octanol–water partition coefficient (Wildman–Crippen LogP) is -0.309. The van der Waals surface area contributed by atoms with Crippen LogP contribution in [-0.2, 0) is 9.59 Å². The monoisotopic (exact) mass is 140 g/mol. The van der Waals surface area contributed by atoms with E-state index in [4.69, 9.17) is 5.11 Å². The van der Waals surface area contributed by atoms with Crippen molar-refractivity contribution in [1.29, 1.82) is 0 Å². The van der Waals surface area contributed by atoms with Crippen LogP contribution in [0.25, 0.3) is 0 Å². The summed E-state index contributed by atoms with van der Waals surface area (Å²) < 4.78 is 0. The maximum atomic E-state index is 10.8. The molecule has 0 saturated heterocycles. The van der Waals surface area contributed by atoms with Gasteiger partial charge >= 0.3 is 0 Å².